The molecule has 0 heterocycles. The summed E-state index contributed by atoms with van der Waals surface area (Å²) in [5.74, 6) is -4.77. The molecule has 0 fully saturated rings. The van der Waals surface area contributed by atoms with Crippen LogP contribution in [0.2, 0.25) is 0 Å². The van der Waals surface area contributed by atoms with E-state index in [2.05, 4.69) is 16.0 Å². The van der Waals surface area contributed by atoms with Crippen molar-refractivity contribution in [2.24, 2.45) is 17.4 Å². The van der Waals surface area contributed by atoms with Crippen molar-refractivity contribution in [2.45, 2.75) is 70.3 Å². The van der Waals surface area contributed by atoms with Gasteiger partial charge in [0.25, 0.3) is 0 Å². The first kappa shape index (κ1) is 28.2. The topological polar surface area (TPSA) is 234 Å². The van der Waals surface area contributed by atoms with Gasteiger partial charge >= 0.3 is 5.97 Å². The fourth-order valence-corrected chi connectivity index (χ4v) is 2.52. The van der Waals surface area contributed by atoms with Crippen LogP contribution in [0.25, 0.3) is 0 Å². The fraction of sp³-hybridized carbons (Fsp3) is 0.722. The van der Waals surface area contributed by atoms with Gasteiger partial charge in [0.2, 0.25) is 23.6 Å². The predicted molar refractivity (Wildman–Crippen MR) is 108 cm³/mol. The summed E-state index contributed by atoms with van der Waals surface area (Å²) < 4.78 is 0. The van der Waals surface area contributed by atoms with Gasteiger partial charge in [-0.2, -0.15) is 0 Å². The van der Waals surface area contributed by atoms with Crippen LogP contribution in [0.4, 0.5) is 0 Å². The number of amides is 4. The molecule has 13 heteroatoms. The molecule has 0 aromatic rings. The molecule has 13 nitrogen and oxygen atoms in total. The monoisotopic (exact) mass is 447 g/mol. The largest absolute Gasteiger partial charge is 0.480 e. The lowest BCUT2D eigenvalue weighted by Gasteiger charge is -2.26. The van der Waals surface area contributed by atoms with Gasteiger partial charge in [-0.1, -0.05) is 13.8 Å². The summed E-state index contributed by atoms with van der Waals surface area (Å²) in [5, 5.41) is 35.1. The molecule has 0 aliphatic rings. The number of aliphatic hydroxyl groups is 2. The number of aliphatic hydroxyl groups excluding tert-OH is 2. The first-order valence-electron chi connectivity index (χ1n) is 9.76. The number of carboxylic acid groups (broad SMARTS) is 1. The molecule has 0 saturated carbocycles. The molecule has 5 unspecified atom stereocenters. The third kappa shape index (κ3) is 10.7. The lowest BCUT2D eigenvalue weighted by molar-refractivity contribution is -0.143. The highest BCUT2D eigenvalue weighted by atomic mass is 16.4. The number of aliphatic carboxylic acids is 1. The van der Waals surface area contributed by atoms with Crippen LogP contribution in [0.5, 0.6) is 0 Å². The van der Waals surface area contributed by atoms with E-state index in [0.29, 0.717) is 0 Å². The molecular formula is C18H33N5O8. The molecule has 31 heavy (non-hydrogen) atoms. The van der Waals surface area contributed by atoms with Gasteiger partial charge in [-0.05, 0) is 25.7 Å². The number of hydrogen-bond donors (Lipinski definition) is 8. The molecule has 0 rings (SSSR count). The van der Waals surface area contributed by atoms with E-state index in [9.17, 15) is 39.3 Å². The van der Waals surface area contributed by atoms with Crippen LogP contribution in [-0.2, 0) is 24.0 Å². The highest BCUT2D eigenvalue weighted by Crippen LogP contribution is 2.06. The van der Waals surface area contributed by atoms with E-state index < -0.39 is 66.5 Å². The van der Waals surface area contributed by atoms with Gasteiger partial charge in [0.05, 0.1) is 18.8 Å². The van der Waals surface area contributed by atoms with Gasteiger partial charge in [0, 0.05) is 6.42 Å². The van der Waals surface area contributed by atoms with E-state index in [0.717, 1.165) is 0 Å². The number of hydrogen-bond acceptors (Lipinski definition) is 8. The van der Waals surface area contributed by atoms with Crippen LogP contribution in [0.3, 0.4) is 0 Å². The molecule has 0 radical (unpaired) electrons. The fourth-order valence-electron chi connectivity index (χ4n) is 2.52. The number of carbonyl (C=O) groups is 5. The van der Waals surface area contributed by atoms with Crippen LogP contribution < -0.4 is 27.4 Å². The Balaban J connectivity index is 5.14. The van der Waals surface area contributed by atoms with Crippen LogP contribution in [0, 0.1) is 5.92 Å². The molecule has 178 valence electrons. The van der Waals surface area contributed by atoms with Crippen molar-refractivity contribution >= 4 is 29.6 Å². The van der Waals surface area contributed by atoms with Crippen molar-refractivity contribution in [1.82, 2.24) is 16.0 Å². The number of rotatable bonds is 14. The van der Waals surface area contributed by atoms with E-state index in [4.69, 9.17) is 11.5 Å². The molecule has 0 bridgehead atoms. The average molecular weight is 447 g/mol. The molecule has 0 aliphatic carbocycles. The lowest BCUT2D eigenvalue weighted by atomic mass is 10.0. The second-order valence-electron chi connectivity index (χ2n) is 7.61. The smallest absolute Gasteiger partial charge is 0.326 e. The van der Waals surface area contributed by atoms with Crippen molar-refractivity contribution in [3.05, 3.63) is 0 Å². The number of nitrogens with two attached hydrogens (primary N) is 2. The minimum Gasteiger partial charge on any atom is -0.480 e. The summed E-state index contributed by atoms with van der Waals surface area (Å²) >= 11 is 0. The molecule has 10 N–H and O–H groups in total. The van der Waals surface area contributed by atoms with E-state index in [1.807, 2.05) is 0 Å². The Hall–Kier alpha value is -2.77. The molecule has 0 aromatic carbocycles. The van der Waals surface area contributed by atoms with Gasteiger partial charge in [-0.25, -0.2) is 4.79 Å². The summed E-state index contributed by atoms with van der Waals surface area (Å²) in [5.41, 5.74) is 10.6. The lowest BCUT2D eigenvalue weighted by Crippen LogP contribution is -2.60. The van der Waals surface area contributed by atoms with Crippen LogP contribution >= 0.6 is 0 Å². The first-order valence-corrected chi connectivity index (χ1v) is 9.76. The van der Waals surface area contributed by atoms with E-state index in [1.54, 1.807) is 13.8 Å². The minimum atomic E-state index is -1.55. The maximum atomic E-state index is 12.4. The quantitative estimate of drug-likeness (QED) is 0.132. The Morgan fingerprint density at radius 3 is 1.87 bits per heavy atom. The van der Waals surface area contributed by atoms with E-state index in [-0.39, 0.29) is 25.2 Å². The number of primary amides is 1. The second kappa shape index (κ2) is 13.5. The molecule has 4 amide bonds. The Labute approximate surface area is 179 Å². The Morgan fingerprint density at radius 1 is 0.903 bits per heavy atom. The average Bonchev–Trinajstić information content (AvgIpc) is 2.66. The number of carboxylic acids is 1. The Kier molecular flexibility index (Phi) is 12.3. The predicted octanol–water partition coefficient (Wildman–Crippen LogP) is -3.46. The van der Waals surface area contributed by atoms with Crippen molar-refractivity contribution in [3.63, 3.8) is 0 Å². The van der Waals surface area contributed by atoms with Gasteiger partial charge in [-0.3, -0.25) is 19.2 Å². The van der Waals surface area contributed by atoms with Gasteiger partial charge < -0.3 is 42.7 Å². The molecule has 0 spiro atoms. The van der Waals surface area contributed by atoms with Crippen LogP contribution in [0.15, 0.2) is 0 Å². The van der Waals surface area contributed by atoms with E-state index >= 15 is 0 Å². The highest BCUT2D eigenvalue weighted by molar-refractivity contribution is 5.94. The van der Waals surface area contributed by atoms with E-state index in [1.165, 1.54) is 6.92 Å². The highest BCUT2D eigenvalue weighted by Gasteiger charge is 2.32. The Morgan fingerprint density at radius 2 is 1.45 bits per heavy atom. The van der Waals surface area contributed by atoms with Gasteiger partial charge in [0.15, 0.2) is 0 Å². The maximum Gasteiger partial charge on any atom is 0.326 e. The molecule has 0 aromatic heterocycles. The zero-order valence-corrected chi connectivity index (χ0v) is 17.8. The zero-order chi connectivity index (χ0) is 24.3. The Bertz CT molecular complexity index is 655. The van der Waals surface area contributed by atoms with Crippen molar-refractivity contribution in [2.75, 3.05) is 6.61 Å². The molecular weight excluding hydrogens is 414 g/mol. The van der Waals surface area contributed by atoms with Crippen molar-refractivity contribution in [3.8, 4) is 0 Å². The summed E-state index contributed by atoms with van der Waals surface area (Å²) in [6.07, 6.45) is -1.52. The minimum absolute atomic E-state index is 0.0475. The third-order valence-corrected chi connectivity index (χ3v) is 4.24. The number of carbonyl (C=O) groups excluding carboxylic acids is 4. The maximum absolute atomic E-state index is 12.4. The van der Waals surface area contributed by atoms with Crippen molar-refractivity contribution in [1.29, 1.82) is 0 Å². The number of nitrogens with one attached hydrogen (secondary N) is 3. The molecule has 5 atom stereocenters. The summed E-state index contributed by atoms with van der Waals surface area (Å²) in [7, 11) is 0. The van der Waals surface area contributed by atoms with Crippen LogP contribution in [-0.4, -0.2) is 81.8 Å². The van der Waals surface area contributed by atoms with Crippen molar-refractivity contribution < 1.29 is 39.3 Å². The third-order valence-electron chi connectivity index (χ3n) is 4.24. The SMILES string of the molecule is CC(C)CC(NC(=O)C(NC(=O)C(CO)NC(=O)C(N)CCC(N)=O)C(C)O)C(=O)O. The van der Waals surface area contributed by atoms with Gasteiger partial charge in [-0.15, -0.1) is 0 Å². The van der Waals surface area contributed by atoms with Crippen LogP contribution in [0.1, 0.15) is 40.0 Å². The normalized spacial score (nSPS) is 15.8. The summed E-state index contributed by atoms with van der Waals surface area (Å²) in [6.45, 7) is 3.88. The second-order valence-corrected chi connectivity index (χ2v) is 7.61. The zero-order valence-electron chi connectivity index (χ0n) is 17.8. The summed E-state index contributed by atoms with van der Waals surface area (Å²) in [4.78, 5) is 59.0. The first-order chi connectivity index (χ1) is 14.3. The van der Waals surface area contributed by atoms with Gasteiger partial charge in [0.1, 0.15) is 18.1 Å². The molecule has 0 saturated heterocycles. The molecule has 0 aliphatic heterocycles. The summed E-state index contributed by atoms with van der Waals surface area (Å²) in [6, 6.07) is -5.46. The standard InChI is InChI=1S/C18H33N5O8/c1-8(2)6-11(18(30)31)21-17(29)14(9(3)25)23-16(28)12(7-24)22-15(27)10(19)4-5-13(20)26/h8-12,14,24-25H,4-7,19H2,1-3H3,(H2,20,26)(H,21,29)(H,22,27)(H,23,28)(H,30,31).